The maximum atomic E-state index is 3.77. The summed E-state index contributed by atoms with van der Waals surface area (Å²) in [4.78, 5) is 2.88. The van der Waals surface area contributed by atoms with E-state index >= 15 is 0 Å². The standard InChI is InChI=1S/C16H30N2/c1-12(2)10-15-11-18(9-3-8-17-15)16(13-4-5-13)14-6-7-14/h12-17H,3-11H2,1-2H3. The fourth-order valence-corrected chi connectivity index (χ4v) is 3.88. The largest absolute Gasteiger partial charge is 0.313 e. The summed E-state index contributed by atoms with van der Waals surface area (Å²) in [5.74, 6) is 2.95. The van der Waals surface area contributed by atoms with Gasteiger partial charge in [-0.15, -0.1) is 0 Å². The SMILES string of the molecule is CC(C)CC1CN(C(C2CC2)C2CC2)CCCN1. The number of rotatable bonds is 5. The van der Waals surface area contributed by atoms with E-state index in [1.54, 1.807) is 0 Å². The Morgan fingerprint density at radius 2 is 1.78 bits per heavy atom. The molecule has 2 saturated carbocycles. The highest BCUT2D eigenvalue weighted by Crippen LogP contribution is 2.47. The van der Waals surface area contributed by atoms with Crippen molar-refractivity contribution in [2.24, 2.45) is 17.8 Å². The maximum absolute atomic E-state index is 3.77. The van der Waals surface area contributed by atoms with Gasteiger partial charge >= 0.3 is 0 Å². The Kier molecular flexibility index (Phi) is 3.95. The lowest BCUT2D eigenvalue weighted by Gasteiger charge is -2.33. The van der Waals surface area contributed by atoms with Crippen LogP contribution in [-0.4, -0.2) is 36.6 Å². The van der Waals surface area contributed by atoms with Gasteiger partial charge in [0.2, 0.25) is 0 Å². The number of nitrogens with one attached hydrogen (secondary N) is 1. The van der Waals surface area contributed by atoms with Crippen molar-refractivity contribution in [3.8, 4) is 0 Å². The van der Waals surface area contributed by atoms with Crippen LogP contribution in [0.2, 0.25) is 0 Å². The molecule has 1 aliphatic heterocycles. The van der Waals surface area contributed by atoms with Crippen LogP contribution in [0.5, 0.6) is 0 Å². The molecule has 3 rings (SSSR count). The minimum absolute atomic E-state index is 0.743. The smallest absolute Gasteiger partial charge is 0.0197 e. The van der Waals surface area contributed by atoms with E-state index in [0.29, 0.717) is 0 Å². The summed E-state index contributed by atoms with van der Waals surface area (Å²) in [7, 11) is 0. The van der Waals surface area contributed by atoms with E-state index in [2.05, 4.69) is 24.1 Å². The highest BCUT2D eigenvalue weighted by molar-refractivity contribution is 4.99. The van der Waals surface area contributed by atoms with Gasteiger partial charge in [-0.05, 0) is 69.4 Å². The van der Waals surface area contributed by atoms with Crippen LogP contribution in [0, 0.1) is 17.8 Å². The molecule has 0 spiro atoms. The van der Waals surface area contributed by atoms with Gasteiger partial charge in [-0.2, -0.15) is 0 Å². The first-order valence-corrected chi connectivity index (χ1v) is 8.21. The molecule has 0 aromatic rings. The summed E-state index contributed by atoms with van der Waals surface area (Å²) >= 11 is 0. The third-order valence-corrected chi connectivity index (χ3v) is 4.90. The zero-order valence-corrected chi connectivity index (χ0v) is 12.2. The molecule has 1 unspecified atom stereocenters. The summed E-state index contributed by atoms with van der Waals surface area (Å²) < 4.78 is 0. The summed E-state index contributed by atoms with van der Waals surface area (Å²) in [5, 5.41) is 3.77. The molecule has 0 radical (unpaired) electrons. The van der Waals surface area contributed by atoms with Gasteiger partial charge in [0, 0.05) is 18.6 Å². The van der Waals surface area contributed by atoms with Crippen LogP contribution in [0.15, 0.2) is 0 Å². The molecule has 0 aromatic carbocycles. The average molecular weight is 250 g/mol. The maximum Gasteiger partial charge on any atom is 0.0197 e. The first kappa shape index (κ1) is 12.9. The minimum Gasteiger partial charge on any atom is -0.313 e. The number of hydrogen-bond donors (Lipinski definition) is 1. The summed E-state index contributed by atoms with van der Waals surface area (Å²) in [5.41, 5.74) is 0. The lowest BCUT2D eigenvalue weighted by molar-refractivity contribution is 0.149. The molecule has 2 nitrogen and oxygen atoms in total. The van der Waals surface area contributed by atoms with E-state index in [9.17, 15) is 0 Å². The van der Waals surface area contributed by atoms with Crippen molar-refractivity contribution >= 4 is 0 Å². The molecule has 1 N–H and O–H groups in total. The second-order valence-electron chi connectivity index (χ2n) is 7.29. The first-order valence-electron chi connectivity index (χ1n) is 8.21. The summed E-state index contributed by atoms with van der Waals surface area (Å²) in [6.07, 6.45) is 8.75. The monoisotopic (exact) mass is 250 g/mol. The van der Waals surface area contributed by atoms with E-state index in [1.165, 1.54) is 58.2 Å². The van der Waals surface area contributed by atoms with Gasteiger partial charge in [0.1, 0.15) is 0 Å². The van der Waals surface area contributed by atoms with E-state index in [-0.39, 0.29) is 0 Å². The predicted octanol–water partition coefficient (Wildman–Crippen LogP) is 2.89. The number of hydrogen-bond acceptors (Lipinski definition) is 2. The van der Waals surface area contributed by atoms with Crippen LogP contribution in [-0.2, 0) is 0 Å². The molecule has 2 heteroatoms. The third kappa shape index (κ3) is 3.27. The molecule has 1 saturated heterocycles. The molecular weight excluding hydrogens is 220 g/mol. The van der Waals surface area contributed by atoms with Gasteiger partial charge in [0.15, 0.2) is 0 Å². The molecular formula is C16H30N2. The molecule has 18 heavy (non-hydrogen) atoms. The van der Waals surface area contributed by atoms with E-state index in [1.807, 2.05) is 0 Å². The van der Waals surface area contributed by atoms with Crippen LogP contribution in [0.25, 0.3) is 0 Å². The van der Waals surface area contributed by atoms with Gasteiger partial charge in [-0.3, -0.25) is 4.90 Å². The van der Waals surface area contributed by atoms with Gasteiger partial charge in [-0.1, -0.05) is 13.8 Å². The Balaban J connectivity index is 1.61. The molecule has 2 aliphatic carbocycles. The topological polar surface area (TPSA) is 15.3 Å². The highest BCUT2D eigenvalue weighted by Gasteiger charge is 2.44. The van der Waals surface area contributed by atoms with Crippen molar-refractivity contribution in [2.75, 3.05) is 19.6 Å². The van der Waals surface area contributed by atoms with E-state index in [4.69, 9.17) is 0 Å². The van der Waals surface area contributed by atoms with Crippen LogP contribution in [0.1, 0.15) is 52.4 Å². The minimum atomic E-state index is 0.743. The van der Waals surface area contributed by atoms with Gasteiger partial charge < -0.3 is 5.32 Å². The average Bonchev–Trinajstić information content (AvgIpc) is 3.15. The normalized spacial score (nSPS) is 31.0. The van der Waals surface area contributed by atoms with E-state index in [0.717, 1.165) is 29.8 Å². The van der Waals surface area contributed by atoms with Crippen LogP contribution in [0.3, 0.4) is 0 Å². The quantitative estimate of drug-likeness (QED) is 0.807. The summed E-state index contributed by atoms with van der Waals surface area (Å²) in [6, 6.07) is 1.70. The Morgan fingerprint density at radius 1 is 1.11 bits per heavy atom. The predicted molar refractivity (Wildman–Crippen MR) is 76.7 cm³/mol. The molecule has 1 heterocycles. The lowest BCUT2D eigenvalue weighted by atomic mass is 10.0. The molecule has 0 bridgehead atoms. The Bertz CT molecular complexity index is 256. The van der Waals surface area contributed by atoms with Gasteiger partial charge in [0.05, 0.1) is 0 Å². The highest BCUT2D eigenvalue weighted by atomic mass is 15.2. The van der Waals surface area contributed by atoms with Crippen molar-refractivity contribution in [1.29, 1.82) is 0 Å². The van der Waals surface area contributed by atoms with E-state index < -0.39 is 0 Å². The van der Waals surface area contributed by atoms with Gasteiger partial charge in [-0.25, -0.2) is 0 Å². The summed E-state index contributed by atoms with van der Waals surface area (Å²) in [6.45, 7) is 8.61. The van der Waals surface area contributed by atoms with Crippen molar-refractivity contribution in [3.05, 3.63) is 0 Å². The zero-order valence-electron chi connectivity index (χ0n) is 12.2. The zero-order chi connectivity index (χ0) is 12.5. The van der Waals surface area contributed by atoms with Gasteiger partial charge in [0.25, 0.3) is 0 Å². The Morgan fingerprint density at radius 3 is 2.33 bits per heavy atom. The molecule has 0 aromatic heterocycles. The van der Waals surface area contributed by atoms with Crippen LogP contribution in [0.4, 0.5) is 0 Å². The van der Waals surface area contributed by atoms with Crippen molar-refractivity contribution in [2.45, 2.75) is 64.5 Å². The third-order valence-electron chi connectivity index (χ3n) is 4.90. The Hall–Kier alpha value is -0.0800. The first-order chi connectivity index (χ1) is 8.74. The van der Waals surface area contributed by atoms with Crippen molar-refractivity contribution in [3.63, 3.8) is 0 Å². The number of nitrogens with zero attached hydrogens (tertiary/aromatic N) is 1. The van der Waals surface area contributed by atoms with Crippen molar-refractivity contribution in [1.82, 2.24) is 10.2 Å². The molecule has 1 atom stereocenters. The fraction of sp³-hybridized carbons (Fsp3) is 1.00. The molecule has 0 amide bonds. The van der Waals surface area contributed by atoms with Crippen LogP contribution >= 0.6 is 0 Å². The van der Waals surface area contributed by atoms with Crippen molar-refractivity contribution < 1.29 is 0 Å². The fourth-order valence-electron chi connectivity index (χ4n) is 3.88. The second kappa shape index (κ2) is 5.50. The Labute approximate surface area is 113 Å². The molecule has 3 aliphatic rings. The lowest BCUT2D eigenvalue weighted by Crippen LogP contribution is -2.45. The molecule has 104 valence electrons. The second-order valence-corrected chi connectivity index (χ2v) is 7.29. The van der Waals surface area contributed by atoms with Crippen LogP contribution < -0.4 is 5.32 Å². The molecule has 3 fully saturated rings.